The zero-order chi connectivity index (χ0) is 28.5. The molecule has 0 fully saturated rings. The van der Waals surface area contributed by atoms with Gasteiger partial charge in [-0.1, -0.05) is 38.4 Å². The Morgan fingerprint density at radius 3 is 1.41 bits per heavy atom. The molecule has 0 aliphatic carbocycles. The molecule has 0 amide bonds. The van der Waals surface area contributed by atoms with Crippen molar-refractivity contribution in [3.8, 4) is 45.3 Å². The average molecular weight is 528 g/mol. The van der Waals surface area contributed by atoms with Gasteiger partial charge in [0.25, 0.3) is 0 Å². The molecule has 0 heterocycles. The lowest BCUT2D eigenvalue weighted by Gasteiger charge is -2.14. The Balaban J connectivity index is 2.07. The van der Waals surface area contributed by atoms with Crippen molar-refractivity contribution in [3.63, 3.8) is 0 Å². The molecule has 0 saturated heterocycles. The van der Waals surface area contributed by atoms with Crippen molar-refractivity contribution < 1.29 is 42.5 Å². The molecule has 0 atom stereocenters. The predicted octanol–water partition coefficient (Wildman–Crippen LogP) is 5.53. The first kappa shape index (κ1) is 28.0. The highest BCUT2D eigenvalue weighted by molar-refractivity contribution is 5.89. The van der Waals surface area contributed by atoms with Crippen LogP contribution in [-0.4, -0.2) is 23.9 Å². The zero-order valence-corrected chi connectivity index (χ0v) is 20.5. The Kier molecular flexibility index (Phi) is 9.05. The smallest absolute Gasteiger partial charge is 0.335 e. The van der Waals surface area contributed by atoms with Crippen LogP contribution in [-0.2, 0) is 19.2 Å². The maximum Gasteiger partial charge on any atom is 0.335 e. The Hall–Kier alpha value is -5.57. The molecular weight excluding hydrogens is 507 g/mol. The summed E-state index contributed by atoms with van der Waals surface area (Å²) >= 11 is 0. The van der Waals surface area contributed by atoms with Crippen LogP contribution in [0.3, 0.4) is 0 Å². The van der Waals surface area contributed by atoms with Crippen LogP contribution in [0.15, 0.2) is 105 Å². The van der Waals surface area contributed by atoms with E-state index in [9.17, 15) is 19.2 Å². The molecule has 0 spiro atoms. The molecule has 0 aliphatic rings. The molecule has 0 unspecified atom stereocenters. The molecule has 0 aromatic heterocycles. The number of hydrogen-bond donors (Lipinski definition) is 0. The van der Waals surface area contributed by atoms with E-state index in [1.54, 1.807) is 6.07 Å². The van der Waals surface area contributed by atoms with Gasteiger partial charge in [0, 0.05) is 53.1 Å². The topological polar surface area (TPSA) is 105 Å². The van der Waals surface area contributed by atoms with Crippen molar-refractivity contribution >= 4 is 23.9 Å². The van der Waals surface area contributed by atoms with Crippen LogP contribution >= 0.6 is 0 Å². The number of carbonyl (C=O) groups is 4. The van der Waals surface area contributed by atoms with Crippen LogP contribution in [0.5, 0.6) is 23.0 Å². The highest BCUT2D eigenvalue weighted by Gasteiger charge is 2.18. The van der Waals surface area contributed by atoms with Gasteiger partial charge in [-0.3, -0.25) is 0 Å². The Labute approximate surface area is 222 Å². The summed E-state index contributed by atoms with van der Waals surface area (Å²) < 4.78 is 36.1. The van der Waals surface area contributed by atoms with Gasteiger partial charge < -0.3 is 18.9 Å². The number of carbonyl (C=O) groups excluding carboxylic acids is 4. The van der Waals surface area contributed by atoms with E-state index in [1.165, 1.54) is 48.5 Å². The van der Waals surface area contributed by atoms with Crippen LogP contribution in [0.2, 0.25) is 0 Å². The normalized spacial score (nSPS) is 9.97. The summed E-state index contributed by atoms with van der Waals surface area (Å²) in [4.78, 5) is 46.9. The first-order chi connectivity index (χ1) is 18.7. The third-order valence-electron chi connectivity index (χ3n) is 5.00. The first-order valence-electron chi connectivity index (χ1n) is 11.1. The van der Waals surface area contributed by atoms with Crippen molar-refractivity contribution in [2.24, 2.45) is 0 Å². The highest BCUT2D eigenvalue weighted by atomic mass is 19.1. The summed E-state index contributed by atoms with van der Waals surface area (Å²) in [5.74, 6) is -3.78. The highest BCUT2D eigenvalue weighted by Crippen LogP contribution is 2.39. The number of hydrogen-bond acceptors (Lipinski definition) is 8. The van der Waals surface area contributed by atoms with Gasteiger partial charge in [-0.15, -0.1) is 0 Å². The molecular formula is C30H21FO8. The molecule has 3 aromatic rings. The summed E-state index contributed by atoms with van der Waals surface area (Å²) in [6, 6.07) is 12.4. The molecule has 0 saturated carbocycles. The Bertz CT molecular complexity index is 1520. The van der Waals surface area contributed by atoms with Crippen LogP contribution < -0.4 is 18.9 Å². The molecule has 39 heavy (non-hydrogen) atoms. The van der Waals surface area contributed by atoms with Gasteiger partial charge >= 0.3 is 23.9 Å². The molecule has 8 nitrogen and oxygen atoms in total. The summed E-state index contributed by atoms with van der Waals surface area (Å²) in [6.07, 6.45) is 3.79. The fourth-order valence-electron chi connectivity index (χ4n) is 3.28. The maximum absolute atomic E-state index is 15.5. The summed E-state index contributed by atoms with van der Waals surface area (Å²) in [5.41, 5.74) is 0.843. The second-order valence-electron chi connectivity index (χ2n) is 7.51. The Morgan fingerprint density at radius 2 is 0.949 bits per heavy atom. The predicted molar refractivity (Wildman–Crippen MR) is 141 cm³/mol. The third-order valence-corrected chi connectivity index (χ3v) is 5.00. The zero-order valence-electron chi connectivity index (χ0n) is 20.5. The monoisotopic (exact) mass is 528 g/mol. The minimum absolute atomic E-state index is 0.0181. The molecule has 0 N–H and O–H groups in total. The molecule has 9 heteroatoms. The van der Waals surface area contributed by atoms with Crippen molar-refractivity contribution in [2.45, 2.75) is 0 Å². The minimum Gasteiger partial charge on any atom is -0.423 e. The third kappa shape index (κ3) is 7.01. The van der Waals surface area contributed by atoms with E-state index in [0.717, 1.165) is 24.3 Å². The quantitative estimate of drug-likeness (QED) is 0.192. The molecule has 0 bridgehead atoms. The van der Waals surface area contributed by atoms with Crippen LogP contribution in [0, 0.1) is 5.82 Å². The summed E-state index contributed by atoms with van der Waals surface area (Å²) in [6.45, 7) is 13.3. The molecule has 3 aromatic carbocycles. The van der Waals surface area contributed by atoms with Crippen LogP contribution in [0.25, 0.3) is 22.3 Å². The van der Waals surface area contributed by atoms with Gasteiger partial charge in [0.05, 0.1) is 0 Å². The lowest BCUT2D eigenvalue weighted by Crippen LogP contribution is -2.07. The van der Waals surface area contributed by atoms with E-state index in [4.69, 9.17) is 18.9 Å². The molecule has 0 radical (unpaired) electrons. The molecule has 196 valence electrons. The number of ether oxygens (including phenoxy) is 4. The van der Waals surface area contributed by atoms with E-state index in [-0.39, 0.29) is 34.1 Å². The first-order valence-corrected chi connectivity index (χ1v) is 11.1. The van der Waals surface area contributed by atoms with E-state index >= 15 is 4.39 Å². The van der Waals surface area contributed by atoms with Gasteiger partial charge in [0.15, 0.2) is 0 Å². The average Bonchev–Trinajstić information content (AvgIpc) is 2.93. The van der Waals surface area contributed by atoms with E-state index in [2.05, 4.69) is 26.3 Å². The van der Waals surface area contributed by atoms with Gasteiger partial charge in [0.1, 0.15) is 28.8 Å². The number of benzene rings is 3. The lowest BCUT2D eigenvalue weighted by molar-refractivity contribution is -0.130. The second-order valence-corrected chi connectivity index (χ2v) is 7.51. The van der Waals surface area contributed by atoms with E-state index in [1.807, 2.05) is 0 Å². The maximum atomic E-state index is 15.5. The van der Waals surface area contributed by atoms with Gasteiger partial charge in [0.2, 0.25) is 0 Å². The second kappa shape index (κ2) is 12.6. The van der Waals surface area contributed by atoms with Gasteiger partial charge in [-0.05, 0) is 35.9 Å². The molecule has 0 aliphatic heterocycles. The lowest BCUT2D eigenvalue weighted by atomic mass is 9.98. The summed E-state index contributed by atoms with van der Waals surface area (Å²) in [7, 11) is 0. The standard InChI is InChI=1S/C30H21FO8/c1-5-27(32)36-19-10-13-21(25(16-19)38-29(34)7-3)18-9-12-22(24(31)15-18)23-14-11-20(37-28(33)6-2)17-26(23)39-30(35)8-4/h5-17H,1-4H2. The Morgan fingerprint density at radius 1 is 0.538 bits per heavy atom. The number of esters is 4. The number of halogens is 1. The fraction of sp³-hybridized carbons (Fsp3) is 0. The van der Waals surface area contributed by atoms with Crippen molar-refractivity contribution in [1.82, 2.24) is 0 Å². The SMILES string of the molecule is C=CC(=O)Oc1ccc(-c2ccc(-c3ccc(OC(=O)C=C)cc3OC(=O)C=C)c(F)c2)c(OC(=O)C=C)c1. The van der Waals surface area contributed by atoms with Crippen molar-refractivity contribution in [2.75, 3.05) is 0 Å². The van der Waals surface area contributed by atoms with Crippen LogP contribution in [0.1, 0.15) is 0 Å². The largest absolute Gasteiger partial charge is 0.423 e. The van der Waals surface area contributed by atoms with Crippen molar-refractivity contribution in [3.05, 3.63) is 111 Å². The van der Waals surface area contributed by atoms with E-state index < -0.39 is 29.7 Å². The molecule has 3 rings (SSSR count). The van der Waals surface area contributed by atoms with E-state index in [0.29, 0.717) is 11.1 Å². The van der Waals surface area contributed by atoms with Gasteiger partial charge in [-0.2, -0.15) is 0 Å². The van der Waals surface area contributed by atoms with Crippen molar-refractivity contribution in [1.29, 1.82) is 0 Å². The minimum atomic E-state index is -0.814. The fourth-order valence-corrected chi connectivity index (χ4v) is 3.28. The van der Waals surface area contributed by atoms with Gasteiger partial charge in [-0.25, -0.2) is 23.6 Å². The summed E-state index contributed by atoms with van der Waals surface area (Å²) in [5, 5.41) is 0. The number of rotatable bonds is 10. The van der Waals surface area contributed by atoms with Crippen LogP contribution in [0.4, 0.5) is 4.39 Å².